The molecule has 0 radical (unpaired) electrons. The zero-order valence-electron chi connectivity index (χ0n) is 16.1. The Kier molecular flexibility index (Phi) is 5.12. The molecule has 2 aromatic heterocycles. The minimum atomic E-state index is -0.261. The molecule has 0 unspecified atom stereocenters. The highest BCUT2D eigenvalue weighted by Gasteiger charge is 2.27. The van der Waals surface area contributed by atoms with Gasteiger partial charge in [0, 0.05) is 12.1 Å². The molecule has 0 aliphatic heterocycles. The molecule has 0 aliphatic rings. The van der Waals surface area contributed by atoms with Crippen LogP contribution in [0.4, 0.5) is 0 Å². The van der Waals surface area contributed by atoms with Crippen molar-refractivity contribution >= 4 is 44.2 Å². The van der Waals surface area contributed by atoms with Crippen molar-refractivity contribution in [2.24, 2.45) is 0 Å². The van der Waals surface area contributed by atoms with E-state index in [0.29, 0.717) is 12.3 Å². The van der Waals surface area contributed by atoms with E-state index in [1.807, 2.05) is 39.6 Å². The number of amides is 1. The van der Waals surface area contributed by atoms with Crippen molar-refractivity contribution in [3.63, 3.8) is 0 Å². The summed E-state index contributed by atoms with van der Waals surface area (Å²) in [6.07, 6.45) is 0. The molecule has 2 aromatic carbocycles. The first-order valence-electron chi connectivity index (χ1n) is 9.13. The summed E-state index contributed by atoms with van der Waals surface area (Å²) in [5.41, 5.74) is 1.95. The van der Waals surface area contributed by atoms with E-state index in [-0.39, 0.29) is 11.4 Å². The number of fused-ring (bicyclic) bond motifs is 3. The standard InChI is InChI=1S/C21H22N4OS2/c1-21(2,3)24(13-15-9-5-4-6-10-15)18(26)14-27-19-22-23-20-25(19)16-11-7-8-12-17(16)28-20/h4-12H,13-14H2,1-3H3. The predicted molar refractivity (Wildman–Crippen MR) is 116 cm³/mol. The van der Waals surface area contributed by atoms with Gasteiger partial charge in [0.1, 0.15) is 0 Å². The van der Waals surface area contributed by atoms with Gasteiger partial charge >= 0.3 is 0 Å². The van der Waals surface area contributed by atoms with E-state index < -0.39 is 0 Å². The van der Waals surface area contributed by atoms with Gasteiger partial charge in [-0.05, 0) is 38.5 Å². The van der Waals surface area contributed by atoms with Crippen LogP contribution in [0, 0.1) is 0 Å². The van der Waals surface area contributed by atoms with Crippen LogP contribution in [-0.4, -0.2) is 36.7 Å². The molecule has 144 valence electrons. The maximum Gasteiger partial charge on any atom is 0.233 e. The lowest BCUT2D eigenvalue weighted by Gasteiger charge is -2.36. The Balaban J connectivity index is 1.54. The van der Waals surface area contributed by atoms with Gasteiger partial charge in [-0.1, -0.05) is 65.6 Å². The second-order valence-electron chi connectivity index (χ2n) is 7.60. The Morgan fingerprint density at radius 1 is 1.07 bits per heavy atom. The van der Waals surface area contributed by atoms with Crippen LogP contribution in [-0.2, 0) is 11.3 Å². The quantitative estimate of drug-likeness (QED) is 0.441. The van der Waals surface area contributed by atoms with Crippen molar-refractivity contribution in [2.45, 2.75) is 38.0 Å². The van der Waals surface area contributed by atoms with Crippen LogP contribution >= 0.6 is 23.1 Å². The van der Waals surface area contributed by atoms with Gasteiger partial charge in [0.05, 0.1) is 16.0 Å². The molecule has 4 rings (SSSR count). The van der Waals surface area contributed by atoms with E-state index in [2.05, 4.69) is 55.2 Å². The fraction of sp³-hybridized carbons (Fsp3) is 0.286. The van der Waals surface area contributed by atoms with Crippen LogP contribution < -0.4 is 0 Å². The third-order valence-electron chi connectivity index (χ3n) is 4.53. The molecule has 2 heterocycles. The third-order valence-corrected chi connectivity index (χ3v) is 6.46. The van der Waals surface area contributed by atoms with E-state index in [4.69, 9.17) is 0 Å². The van der Waals surface area contributed by atoms with Gasteiger partial charge in [0.2, 0.25) is 10.9 Å². The zero-order valence-corrected chi connectivity index (χ0v) is 17.8. The lowest BCUT2D eigenvalue weighted by Crippen LogP contribution is -2.45. The van der Waals surface area contributed by atoms with Crippen molar-refractivity contribution < 1.29 is 4.79 Å². The average Bonchev–Trinajstić information content (AvgIpc) is 3.23. The highest BCUT2D eigenvalue weighted by atomic mass is 32.2. The number of carbonyl (C=O) groups is 1. The van der Waals surface area contributed by atoms with E-state index >= 15 is 0 Å². The van der Waals surface area contributed by atoms with Gasteiger partial charge in [0.25, 0.3) is 0 Å². The zero-order chi connectivity index (χ0) is 19.7. The third kappa shape index (κ3) is 3.77. The van der Waals surface area contributed by atoms with E-state index in [1.54, 1.807) is 11.3 Å². The lowest BCUT2D eigenvalue weighted by atomic mass is 10.0. The van der Waals surface area contributed by atoms with Crippen molar-refractivity contribution in [2.75, 3.05) is 5.75 Å². The number of hydrogen-bond donors (Lipinski definition) is 0. The molecular weight excluding hydrogens is 388 g/mol. The fourth-order valence-electron chi connectivity index (χ4n) is 3.12. The molecule has 0 aliphatic carbocycles. The van der Waals surface area contributed by atoms with Gasteiger partial charge in [0.15, 0.2) is 5.16 Å². The highest BCUT2D eigenvalue weighted by Crippen LogP contribution is 2.30. The summed E-state index contributed by atoms with van der Waals surface area (Å²) in [5, 5.41) is 9.34. The molecule has 0 spiro atoms. The summed E-state index contributed by atoms with van der Waals surface area (Å²) < 4.78 is 3.21. The molecule has 0 N–H and O–H groups in total. The molecule has 4 aromatic rings. The normalized spacial score (nSPS) is 12.0. The largest absolute Gasteiger partial charge is 0.333 e. The van der Waals surface area contributed by atoms with E-state index in [9.17, 15) is 4.79 Å². The summed E-state index contributed by atoms with van der Waals surface area (Å²) in [6.45, 7) is 6.81. The van der Waals surface area contributed by atoms with E-state index in [0.717, 1.165) is 21.2 Å². The molecule has 1 amide bonds. The Labute approximate surface area is 172 Å². The molecule has 0 saturated heterocycles. The molecular formula is C21H22N4OS2. The summed E-state index contributed by atoms with van der Waals surface area (Å²) in [7, 11) is 0. The molecule has 0 bridgehead atoms. The minimum absolute atomic E-state index is 0.0950. The van der Waals surface area contributed by atoms with Gasteiger partial charge in [-0.2, -0.15) is 0 Å². The molecule has 0 atom stereocenters. The van der Waals surface area contributed by atoms with Crippen LogP contribution in [0.3, 0.4) is 0 Å². The van der Waals surface area contributed by atoms with E-state index in [1.165, 1.54) is 16.5 Å². The number of aromatic nitrogens is 3. The lowest BCUT2D eigenvalue weighted by molar-refractivity contribution is -0.133. The molecule has 7 heteroatoms. The number of carbonyl (C=O) groups excluding carboxylic acids is 1. The Morgan fingerprint density at radius 3 is 2.54 bits per heavy atom. The van der Waals surface area contributed by atoms with Gasteiger partial charge in [-0.15, -0.1) is 10.2 Å². The van der Waals surface area contributed by atoms with Crippen molar-refractivity contribution in [3.8, 4) is 0 Å². The van der Waals surface area contributed by atoms with Gasteiger partial charge < -0.3 is 4.90 Å². The minimum Gasteiger partial charge on any atom is -0.333 e. The molecule has 0 saturated carbocycles. The number of hydrogen-bond acceptors (Lipinski definition) is 5. The number of thiazole rings is 1. The molecule has 28 heavy (non-hydrogen) atoms. The fourth-order valence-corrected chi connectivity index (χ4v) is 4.96. The summed E-state index contributed by atoms with van der Waals surface area (Å²) in [6, 6.07) is 18.3. The Bertz CT molecular complexity index is 1110. The SMILES string of the molecule is CC(C)(C)N(Cc1ccccc1)C(=O)CSc1nnc2sc3ccccc3n12. The highest BCUT2D eigenvalue weighted by molar-refractivity contribution is 7.99. The number of thioether (sulfide) groups is 1. The van der Waals surface area contributed by atoms with Crippen molar-refractivity contribution in [3.05, 3.63) is 60.2 Å². The number of rotatable bonds is 5. The summed E-state index contributed by atoms with van der Waals surface area (Å²) in [5.74, 6) is 0.423. The first-order valence-corrected chi connectivity index (χ1v) is 10.9. The van der Waals surface area contributed by atoms with Gasteiger partial charge in [-0.3, -0.25) is 9.20 Å². The summed E-state index contributed by atoms with van der Waals surface area (Å²) >= 11 is 3.05. The monoisotopic (exact) mass is 410 g/mol. The first-order chi connectivity index (χ1) is 13.4. The van der Waals surface area contributed by atoms with Crippen LogP contribution in [0.1, 0.15) is 26.3 Å². The first kappa shape index (κ1) is 19.0. The predicted octanol–water partition coefficient (Wildman–Crippen LogP) is 4.86. The second-order valence-corrected chi connectivity index (χ2v) is 9.55. The van der Waals surface area contributed by atoms with Crippen LogP contribution in [0.5, 0.6) is 0 Å². The number of para-hydroxylation sites is 1. The van der Waals surface area contributed by atoms with Crippen LogP contribution in [0.15, 0.2) is 59.8 Å². The number of benzene rings is 2. The average molecular weight is 411 g/mol. The maximum atomic E-state index is 13.1. The second kappa shape index (κ2) is 7.56. The van der Waals surface area contributed by atoms with Crippen LogP contribution in [0.2, 0.25) is 0 Å². The Morgan fingerprint density at radius 2 is 1.79 bits per heavy atom. The summed E-state index contributed by atoms with van der Waals surface area (Å²) in [4.78, 5) is 15.9. The van der Waals surface area contributed by atoms with Gasteiger partial charge in [-0.25, -0.2) is 0 Å². The number of nitrogens with zero attached hydrogens (tertiary/aromatic N) is 4. The molecule has 0 fully saturated rings. The Hall–Kier alpha value is -2.38. The van der Waals surface area contributed by atoms with Crippen molar-refractivity contribution in [1.29, 1.82) is 0 Å². The topological polar surface area (TPSA) is 50.5 Å². The smallest absolute Gasteiger partial charge is 0.233 e. The maximum absolute atomic E-state index is 13.1. The molecule has 5 nitrogen and oxygen atoms in total. The van der Waals surface area contributed by atoms with Crippen LogP contribution in [0.25, 0.3) is 15.2 Å². The van der Waals surface area contributed by atoms with Crippen molar-refractivity contribution in [1.82, 2.24) is 19.5 Å².